The highest BCUT2D eigenvalue weighted by Gasteiger charge is 2.27. The van der Waals surface area contributed by atoms with Gasteiger partial charge >= 0.3 is 0 Å². The summed E-state index contributed by atoms with van der Waals surface area (Å²) in [4.78, 5) is 0. The molecule has 0 spiro atoms. The molecule has 2 radical (unpaired) electrons. The Hall–Kier alpha value is -0.520. The second-order valence-electron chi connectivity index (χ2n) is 4.36. The first-order chi connectivity index (χ1) is 5.70. The fraction of sp³-hybridized carbons (Fsp3) is 0.583. The monoisotopic (exact) mass is 160 g/mol. The number of hydrogen-bond donors (Lipinski definition) is 0. The summed E-state index contributed by atoms with van der Waals surface area (Å²) in [7, 11) is 0. The molecule has 0 aromatic carbocycles. The molecule has 2 aliphatic carbocycles. The van der Waals surface area contributed by atoms with E-state index >= 15 is 0 Å². The van der Waals surface area contributed by atoms with E-state index in [2.05, 4.69) is 32.4 Å². The highest BCUT2D eigenvalue weighted by Crippen LogP contribution is 2.42. The average molecular weight is 160 g/mol. The number of rotatable bonds is 0. The van der Waals surface area contributed by atoms with E-state index in [0.29, 0.717) is 5.41 Å². The Balaban J connectivity index is 2.33. The Kier molecular flexibility index (Phi) is 1.86. The third-order valence-electron chi connectivity index (χ3n) is 3.00. The lowest BCUT2D eigenvalue weighted by molar-refractivity contribution is 0.499. The minimum atomic E-state index is 0.307. The van der Waals surface area contributed by atoms with Crippen molar-refractivity contribution in [2.75, 3.05) is 0 Å². The lowest BCUT2D eigenvalue weighted by Crippen LogP contribution is -2.19. The van der Waals surface area contributed by atoms with Crippen molar-refractivity contribution < 1.29 is 0 Å². The van der Waals surface area contributed by atoms with Crippen molar-refractivity contribution in [3.05, 3.63) is 29.7 Å². The molecule has 0 nitrogen and oxygen atoms in total. The van der Waals surface area contributed by atoms with E-state index in [-0.39, 0.29) is 0 Å². The van der Waals surface area contributed by atoms with E-state index in [4.69, 9.17) is 0 Å². The first kappa shape index (κ1) is 8.10. The Bertz CT molecular complexity index is 241. The summed E-state index contributed by atoms with van der Waals surface area (Å²) in [6.07, 6.45) is 13.0. The van der Waals surface area contributed by atoms with Gasteiger partial charge in [-0.15, -0.1) is 0 Å². The third kappa shape index (κ3) is 1.24. The summed E-state index contributed by atoms with van der Waals surface area (Å²) in [6.45, 7) is 4.62. The van der Waals surface area contributed by atoms with Crippen LogP contribution in [0.1, 0.15) is 39.5 Å². The highest BCUT2D eigenvalue weighted by molar-refractivity contribution is 5.39. The molecule has 0 aliphatic heterocycles. The van der Waals surface area contributed by atoms with Gasteiger partial charge in [-0.25, -0.2) is 0 Å². The van der Waals surface area contributed by atoms with Crippen LogP contribution in [0.25, 0.3) is 0 Å². The van der Waals surface area contributed by atoms with Gasteiger partial charge in [-0.3, -0.25) is 0 Å². The van der Waals surface area contributed by atoms with Crippen LogP contribution in [-0.2, 0) is 0 Å². The van der Waals surface area contributed by atoms with Gasteiger partial charge in [0.15, 0.2) is 0 Å². The normalized spacial score (nSPS) is 27.2. The van der Waals surface area contributed by atoms with Crippen LogP contribution in [0.3, 0.4) is 0 Å². The van der Waals surface area contributed by atoms with Crippen LogP contribution < -0.4 is 0 Å². The van der Waals surface area contributed by atoms with E-state index in [9.17, 15) is 0 Å². The Morgan fingerprint density at radius 1 is 1.25 bits per heavy atom. The van der Waals surface area contributed by atoms with E-state index in [1.807, 2.05) is 0 Å². The molecule has 0 heterocycles. The molecule has 0 fully saturated rings. The summed E-state index contributed by atoms with van der Waals surface area (Å²) < 4.78 is 0. The van der Waals surface area contributed by atoms with Crippen LogP contribution in [0.4, 0.5) is 0 Å². The molecule has 0 aromatic heterocycles. The zero-order valence-corrected chi connectivity index (χ0v) is 7.98. The van der Waals surface area contributed by atoms with Crippen LogP contribution >= 0.6 is 0 Å². The van der Waals surface area contributed by atoms with Crippen LogP contribution in [-0.4, -0.2) is 0 Å². The Morgan fingerprint density at radius 3 is 2.75 bits per heavy atom. The quantitative estimate of drug-likeness (QED) is 0.508. The van der Waals surface area contributed by atoms with E-state index < -0.39 is 0 Å². The van der Waals surface area contributed by atoms with Crippen LogP contribution in [0.2, 0.25) is 0 Å². The van der Waals surface area contributed by atoms with Gasteiger partial charge < -0.3 is 0 Å². The molecule has 0 N–H and O–H groups in total. The number of allylic oxidation sites excluding steroid dienone is 4. The smallest absolute Gasteiger partial charge is 0.0375 e. The van der Waals surface area contributed by atoms with E-state index in [1.54, 1.807) is 5.57 Å². The van der Waals surface area contributed by atoms with E-state index in [0.717, 1.165) is 0 Å². The van der Waals surface area contributed by atoms with Gasteiger partial charge in [0.25, 0.3) is 0 Å². The first-order valence-electron chi connectivity index (χ1n) is 4.87. The average Bonchev–Trinajstić information content (AvgIpc) is 2.04. The van der Waals surface area contributed by atoms with Crippen LogP contribution in [0.5, 0.6) is 0 Å². The molecule has 2 rings (SSSR count). The topological polar surface area (TPSA) is 0 Å². The van der Waals surface area contributed by atoms with Crippen molar-refractivity contribution in [3.63, 3.8) is 0 Å². The van der Waals surface area contributed by atoms with Crippen molar-refractivity contribution >= 4 is 0 Å². The fourth-order valence-corrected chi connectivity index (χ4v) is 2.23. The molecule has 0 atom stereocenters. The van der Waals surface area contributed by atoms with Crippen molar-refractivity contribution in [1.29, 1.82) is 0 Å². The molecule has 0 saturated heterocycles. The maximum Gasteiger partial charge on any atom is 0.0375 e. The van der Waals surface area contributed by atoms with Gasteiger partial charge in [0, 0.05) is 11.8 Å². The summed E-state index contributed by atoms with van der Waals surface area (Å²) in [6, 6.07) is 0. The zero-order chi connectivity index (χ0) is 8.60. The second kappa shape index (κ2) is 2.76. The predicted octanol–water partition coefficient (Wildman–Crippen LogP) is 3.53. The van der Waals surface area contributed by atoms with Crippen LogP contribution in [0, 0.1) is 11.8 Å². The Labute approximate surface area is 75.4 Å². The minimum absolute atomic E-state index is 0.307. The lowest BCUT2D eigenvalue weighted by Gasteiger charge is -2.33. The summed E-state index contributed by atoms with van der Waals surface area (Å²) in [5.41, 5.74) is 3.44. The van der Waals surface area contributed by atoms with E-state index in [1.165, 1.54) is 31.3 Å². The molecule has 0 saturated carbocycles. The molecule has 12 heavy (non-hydrogen) atoms. The summed E-state index contributed by atoms with van der Waals surface area (Å²) in [5.74, 6) is 0. The van der Waals surface area contributed by atoms with Gasteiger partial charge in [-0.1, -0.05) is 37.1 Å². The Morgan fingerprint density at radius 2 is 2.00 bits per heavy atom. The van der Waals surface area contributed by atoms with Gasteiger partial charge in [0.2, 0.25) is 0 Å². The minimum Gasteiger partial charge on any atom is -0.0778 e. The van der Waals surface area contributed by atoms with Gasteiger partial charge in [0.05, 0.1) is 0 Å². The van der Waals surface area contributed by atoms with Crippen molar-refractivity contribution in [3.8, 4) is 0 Å². The maximum atomic E-state index is 3.38. The van der Waals surface area contributed by atoms with Crippen molar-refractivity contribution in [1.82, 2.24) is 0 Å². The van der Waals surface area contributed by atoms with Crippen molar-refractivity contribution in [2.45, 2.75) is 39.5 Å². The predicted molar refractivity (Wildman–Crippen MR) is 51.7 cm³/mol. The number of hydrogen-bond acceptors (Lipinski definition) is 0. The molecule has 0 heteroatoms. The molecule has 0 aromatic rings. The first-order valence-corrected chi connectivity index (χ1v) is 4.87. The molecular weight excluding hydrogens is 144 g/mol. The largest absolute Gasteiger partial charge is 0.0778 e. The highest BCUT2D eigenvalue weighted by atomic mass is 14.3. The maximum absolute atomic E-state index is 3.38. The second-order valence-corrected chi connectivity index (χ2v) is 4.36. The summed E-state index contributed by atoms with van der Waals surface area (Å²) >= 11 is 0. The van der Waals surface area contributed by atoms with Crippen LogP contribution in [0.15, 0.2) is 23.3 Å². The zero-order valence-electron chi connectivity index (χ0n) is 7.98. The standard InChI is InChI=1S/C12H16/c1-12(2)9-5-7-10-6-3-4-8-11(10)12/h5,9H,3-4,6,8H2,1-2H3. The van der Waals surface area contributed by atoms with Gasteiger partial charge in [-0.2, -0.15) is 0 Å². The molecule has 0 bridgehead atoms. The lowest BCUT2D eigenvalue weighted by atomic mass is 9.71. The SMILES string of the molecule is CC1(C)C=C[C]C2=C1CCCC2. The van der Waals surface area contributed by atoms with Gasteiger partial charge in [-0.05, 0) is 25.7 Å². The molecule has 2 aliphatic rings. The molecule has 64 valence electrons. The molecule has 0 amide bonds. The fourth-order valence-electron chi connectivity index (χ4n) is 2.23. The summed E-state index contributed by atoms with van der Waals surface area (Å²) in [5, 5.41) is 0. The molecular formula is C12H16. The third-order valence-corrected chi connectivity index (χ3v) is 3.00. The van der Waals surface area contributed by atoms with Gasteiger partial charge in [0.1, 0.15) is 0 Å². The molecule has 0 unspecified atom stereocenters. The van der Waals surface area contributed by atoms with Crippen molar-refractivity contribution in [2.24, 2.45) is 5.41 Å².